The van der Waals surface area contributed by atoms with E-state index in [1.807, 2.05) is 12.3 Å². The Kier molecular flexibility index (Phi) is 1.90. The Labute approximate surface area is 94.2 Å². The van der Waals surface area contributed by atoms with Crippen molar-refractivity contribution >= 4 is 21.7 Å². The van der Waals surface area contributed by atoms with Crippen molar-refractivity contribution in [2.45, 2.75) is 6.92 Å². The van der Waals surface area contributed by atoms with Crippen molar-refractivity contribution in [1.82, 2.24) is 4.98 Å². The molecule has 78 valence electrons. The molecule has 3 aromatic rings. The van der Waals surface area contributed by atoms with Gasteiger partial charge in [-0.3, -0.25) is 4.98 Å². The number of hydrogen-bond donors (Lipinski definition) is 0. The zero-order valence-electron chi connectivity index (χ0n) is 9.44. The summed E-state index contributed by atoms with van der Waals surface area (Å²) in [6.07, 6.45) is 3.94. The molecule has 0 aliphatic carbocycles. The highest BCUT2D eigenvalue weighted by Crippen LogP contribution is 2.23. The standard InChI is InChI=1S/C14H13N2/c1-10-12-6-5-11-4-3-8-15-14(11)13(12)7-9-16(10)2/h3-9H,1-2H3/q+1. The lowest BCUT2D eigenvalue weighted by Gasteiger charge is -2.03. The first-order chi connectivity index (χ1) is 7.77. The number of aromatic nitrogens is 2. The second-order valence-electron chi connectivity index (χ2n) is 4.11. The molecule has 1 aromatic carbocycles. The first kappa shape index (κ1) is 9.28. The van der Waals surface area contributed by atoms with Gasteiger partial charge in [-0.05, 0) is 12.1 Å². The fourth-order valence-electron chi connectivity index (χ4n) is 2.14. The summed E-state index contributed by atoms with van der Waals surface area (Å²) < 4.78 is 2.14. The van der Waals surface area contributed by atoms with Crippen LogP contribution in [0.1, 0.15) is 5.69 Å². The van der Waals surface area contributed by atoms with Crippen molar-refractivity contribution in [2.24, 2.45) is 7.05 Å². The molecular weight excluding hydrogens is 196 g/mol. The third kappa shape index (κ3) is 1.20. The highest BCUT2D eigenvalue weighted by atomic mass is 14.9. The van der Waals surface area contributed by atoms with Crippen LogP contribution in [-0.2, 0) is 7.05 Å². The monoisotopic (exact) mass is 209 g/mol. The molecule has 16 heavy (non-hydrogen) atoms. The number of rotatable bonds is 0. The van der Waals surface area contributed by atoms with Gasteiger partial charge in [0, 0.05) is 30.0 Å². The van der Waals surface area contributed by atoms with Crippen molar-refractivity contribution in [3.05, 3.63) is 48.4 Å². The average molecular weight is 209 g/mol. The molecule has 2 aromatic heterocycles. The van der Waals surface area contributed by atoms with Gasteiger partial charge in [-0.25, -0.2) is 4.57 Å². The molecule has 0 N–H and O–H groups in total. The number of pyridine rings is 2. The van der Waals surface area contributed by atoms with Gasteiger partial charge in [-0.2, -0.15) is 0 Å². The van der Waals surface area contributed by atoms with Gasteiger partial charge >= 0.3 is 0 Å². The van der Waals surface area contributed by atoms with Gasteiger partial charge in [-0.15, -0.1) is 0 Å². The number of fused-ring (bicyclic) bond motifs is 3. The maximum Gasteiger partial charge on any atom is 0.185 e. The van der Waals surface area contributed by atoms with Gasteiger partial charge in [-0.1, -0.05) is 12.1 Å². The molecule has 2 heterocycles. The maximum atomic E-state index is 4.47. The lowest BCUT2D eigenvalue weighted by molar-refractivity contribution is -0.676. The fourth-order valence-corrected chi connectivity index (χ4v) is 2.14. The van der Waals surface area contributed by atoms with E-state index >= 15 is 0 Å². The van der Waals surface area contributed by atoms with Crippen LogP contribution in [0.4, 0.5) is 0 Å². The molecule has 0 amide bonds. The summed E-state index contributed by atoms with van der Waals surface area (Å²) in [7, 11) is 2.07. The summed E-state index contributed by atoms with van der Waals surface area (Å²) >= 11 is 0. The summed E-state index contributed by atoms with van der Waals surface area (Å²) in [5, 5.41) is 3.70. The molecule has 0 saturated carbocycles. The Hall–Kier alpha value is -1.96. The molecule has 0 fully saturated rings. The predicted molar refractivity (Wildman–Crippen MR) is 65.2 cm³/mol. The van der Waals surface area contributed by atoms with Crippen LogP contribution in [0.2, 0.25) is 0 Å². The third-order valence-corrected chi connectivity index (χ3v) is 3.20. The molecule has 0 saturated heterocycles. The maximum absolute atomic E-state index is 4.47. The number of benzene rings is 1. The molecule has 3 rings (SSSR count). The van der Waals surface area contributed by atoms with Gasteiger partial charge in [0.25, 0.3) is 0 Å². The summed E-state index contributed by atoms with van der Waals surface area (Å²) in [5.74, 6) is 0. The Balaban J connectivity index is 2.58. The van der Waals surface area contributed by atoms with Crippen LogP contribution in [0.15, 0.2) is 42.7 Å². The van der Waals surface area contributed by atoms with Gasteiger partial charge in [0.2, 0.25) is 0 Å². The van der Waals surface area contributed by atoms with Crippen molar-refractivity contribution in [2.75, 3.05) is 0 Å². The molecule has 0 bridgehead atoms. The summed E-state index contributed by atoms with van der Waals surface area (Å²) in [4.78, 5) is 4.47. The van der Waals surface area contributed by atoms with Crippen LogP contribution >= 0.6 is 0 Å². The topological polar surface area (TPSA) is 16.8 Å². The van der Waals surface area contributed by atoms with Crippen molar-refractivity contribution in [3.8, 4) is 0 Å². The first-order valence-electron chi connectivity index (χ1n) is 5.40. The van der Waals surface area contributed by atoms with Crippen LogP contribution < -0.4 is 4.57 Å². The third-order valence-electron chi connectivity index (χ3n) is 3.20. The van der Waals surface area contributed by atoms with Crippen LogP contribution in [0.5, 0.6) is 0 Å². The molecule has 0 atom stereocenters. The number of hydrogen-bond acceptors (Lipinski definition) is 1. The molecular formula is C14H13N2+. The van der Waals surface area contributed by atoms with Gasteiger partial charge < -0.3 is 0 Å². The molecule has 0 aliphatic rings. The van der Waals surface area contributed by atoms with Crippen LogP contribution in [0, 0.1) is 6.92 Å². The zero-order chi connectivity index (χ0) is 11.1. The quantitative estimate of drug-likeness (QED) is 0.410. The van der Waals surface area contributed by atoms with E-state index in [1.54, 1.807) is 0 Å². The Bertz CT molecular complexity index is 687. The van der Waals surface area contributed by atoms with Crippen molar-refractivity contribution in [3.63, 3.8) is 0 Å². The molecule has 0 spiro atoms. The fraction of sp³-hybridized carbons (Fsp3) is 0.143. The van der Waals surface area contributed by atoms with Crippen LogP contribution in [0.25, 0.3) is 21.7 Å². The van der Waals surface area contributed by atoms with Crippen LogP contribution in [-0.4, -0.2) is 4.98 Å². The lowest BCUT2D eigenvalue weighted by Crippen LogP contribution is -2.31. The minimum absolute atomic E-state index is 1.09. The molecule has 0 unspecified atom stereocenters. The van der Waals surface area contributed by atoms with Gasteiger partial charge in [0.05, 0.1) is 10.9 Å². The number of nitrogens with zero attached hydrogens (tertiary/aromatic N) is 2. The van der Waals surface area contributed by atoms with E-state index in [0.717, 1.165) is 5.52 Å². The molecule has 2 nitrogen and oxygen atoms in total. The van der Waals surface area contributed by atoms with E-state index in [2.05, 4.69) is 54.0 Å². The summed E-state index contributed by atoms with van der Waals surface area (Å²) in [5.41, 5.74) is 2.36. The normalized spacial score (nSPS) is 11.1. The molecule has 0 aliphatic heterocycles. The highest BCUT2D eigenvalue weighted by Gasteiger charge is 2.09. The van der Waals surface area contributed by atoms with Gasteiger partial charge in [0.15, 0.2) is 11.9 Å². The summed E-state index contributed by atoms with van der Waals surface area (Å²) in [6, 6.07) is 10.5. The van der Waals surface area contributed by atoms with Crippen LogP contribution in [0.3, 0.4) is 0 Å². The van der Waals surface area contributed by atoms with E-state index in [4.69, 9.17) is 0 Å². The minimum atomic E-state index is 1.09. The van der Waals surface area contributed by atoms with Crippen molar-refractivity contribution in [1.29, 1.82) is 0 Å². The Morgan fingerprint density at radius 2 is 1.94 bits per heavy atom. The second-order valence-corrected chi connectivity index (χ2v) is 4.11. The lowest BCUT2D eigenvalue weighted by atomic mass is 10.1. The average Bonchev–Trinajstić information content (AvgIpc) is 2.33. The first-order valence-corrected chi connectivity index (χ1v) is 5.40. The van der Waals surface area contributed by atoms with Gasteiger partial charge in [0.1, 0.15) is 7.05 Å². The SMILES string of the molecule is Cc1c2ccc3cccnc3c2cc[n+]1C. The number of aryl methyl sites for hydroxylation is 2. The van der Waals surface area contributed by atoms with E-state index in [-0.39, 0.29) is 0 Å². The second kappa shape index (κ2) is 3.27. The van der Waals surface area contributed by atoms with E-state index in [9.17, 15) is 0 Å². The summed E-state index contributed by atoms with van der Waals surface area (Å²) in [6.45, 7) is 2.14. The predicted octanol–water partition coefficient (Wildman–Crippen LogP) is 2.52. The smallest absolute Gasteiger partial charge is 0.185 e. The van der Waals surface area contributed by atoms with E-state index in [0.29, 0.717) is 0 Å². The highest BCUT2D eigenvalue weighted by molar-refractivity contribution is 6.05. The van der Waals surface area contributed by atoms with Crippen molar-refractivity contribution < 1.29 is 4.57 Å². The minimum Gasteiger partial charge on any atom is -0.256 e. The Morgan fingerprint density at radius 1 is 1.06 bits per heavy atom. The molecule has 2 heteroatoms. The zero-order valence-corrected chi connectivity index (χ0v) is 9.44. The molecule has 0 radical (unpaired) electrons. The largest absolute Gasteiger partial charge is 0.256 e. The van der Waals surface area contributed by atoms with E-state index in [1.165, 1.54) is 21.9 Å². The Morgan fingerprint density at radius 3 is 2.81 bits per heavy atom. The van der Waals surface area contributed by atoms with E-state index < -0.39 is 0 Å².